The van der Waals surface area contributed by atoms with Crippen LogP contribution in [0.4, 0.5) is 0 Å². The first-order chi connectivity index (χ1) is 14.8. The lowest BCUT2D eigenvalue weighted by Gasteiger charge is -2.35. The van der Waals surface area contributed by atoms with Crippen LogP contribution < -0.4 is 5.76 Å². The van der Waals surface area contributed by atoms with Gasteiger partial charge in [0.25, 0.3) is 0 Å². The fraction of sp³-hybridized carbons (Fsp3) is 0.619. The Morgan fingerprint density at radius 3 is 2.42 bits per heavy atom. The van der Waals surface area contributed by atoms with Crippen LogP contribution in [-0.2, 0) is 21.4 Å². The van der Waals surface area contributed by atoms with Crippen LogP contribution in [0.3, 0.4) is 0 Å². The number of likely N-dealkylation sites (N-methyl/N-ethyl adjacent to an activating group) is 1. The molecule has 0 spiro atoms. The van der Waals surface area contributed by atoms with Crippen LogP contribution in [0.15, 0.2) is 32.3 Å². The van der Waals surface area contributed by atoms with E-state index in [0.29, 0.717) is 44.4 Å². The molecule has 10 heteroatoms. The zero-order chi connectivity index (χ0) is 22.2. The molecule has 0 radical (unpaired) electrons. The van der Waals surface area contributed by atoms with Crippen molar-refractivity contribution in [1.82, 2.24) is 18.7 Å². The maximum absolute atomic E-state index is 13.1. The second-order valence-electron chi connectivity index (χ2n) is 8.48. The minimum absolute atomic E-state index is 0.129. The molecule has 0 atom stereocenters. The number of sulfonamides is 1. The van der Waals surface area contributed by atoms with Crippen molar-refractivity contribution in [3.05, 3.63) is 28.7 Å². The second kappa shape index (κ2) is 8.76. The summed E-state index contributed by atoms with van der Waals surface area (Å²) in [6.07, 6.45) is 1.82. The normalized spacial score (nSPS) is 19.9. The van der Waals surface area contributed by atoms with Crippen LogP contribution >= 0.6 is 0 Å². The summed E-state index contributed by atoms with van der Waals surface area (Å²) < 4.78 is 34.4. The van der Waals surface area contributed by atoms with Gasteiger partial charge in [0.05, 0.1) is 10.4 Å². The third-order valence-corrected chi connectivity index (χ3v) is 8.38. The summed E-state index contributed by atoms with van der Waals surface area (Å²) in [4.78, 5) is 28.7. The SMILES string of the molecule is CCn1c(=O)oc2cc(S(=O)(=O)N3CCC(CC(=O)N4CCN(C)CC4)CC3)ccc21. The molecule has 2 fully saturated rings. The number of nitrogens with zero attached hydrogens (tertiary/aromatic N) is 4. The largest absolute Gasteiger partial charge is 0.419 e. The van der Waals surface area contributed by atoms with Gasteiger partial charge in [-0.25, -0.2) is 13.2 Å². The van der Waals surface area contributed by atoms with Crippen LogP contribution in [0.25, 0.3) is 11.1 Å². The highest BCUT2D eigenvalue weighted by atomic mass is 32.2. The van der Waals surface area contributed by atoms with E-state index in [2.05, 4.69) is 11.9 Å². The molecule has 1 aromatic carbocycles. The number of hydrogen-bond donors (Lipinski definition) is 0. The van der Waals surface area contributed by atoms with Crippen molar-refractivity contribution in [3.8, 4) is 0 Å². The second-order valence-corrected chi connectivity index (χ2v) is 10.4. The first kappa shape index (κ1) is 22.0. The molecule has 0 bridgehead atoms. The Morgan fingerprint density at radius 1 is 1.10 bits per heavy atom. The Balaban J connectivity index is 1.39. The van der Waals surface area contributed by atoms with Crippen LogP contribution in [0.2, 0.25) is 0 Å². The Hall–Kier alpha value is -2.17. The molecule has 0 aliphatic carbocycles. The van der Waals surface area contributed by atoms with Gasteiger partial charge in [0.1, 0.15) is 0 Å². The quantitative estimate of drug-likeness (QED) is 0.679. The number of piperazine rings is 1. The third-order valence-electron chi connectivity index (χ3n) is 6.49. The molecular formula is C21H30N4O5S. The van der Waals surface area contributed by atoms with Gasteiger partial charge >= 0.3 is 5.76 Å². The average molecular weight is 451 g/mol. The van der Waals surface area contributed by atoms with Gasteiger partial charge in [-0.3, -0.25) is 9.36 Å². The van der Waals surface area contributed by atoms with Crippen LogP contribution in [0, 0.1) is 5.92 Å². The molecule has 1 amide bonds. The summed E-state index contributed by atoms with van der Waals surface area (Å²) in [6.45, 7) is 6.39. The predicted octanol–water partition coefficient (Wildman–Crippen LogP) is 1.18. The number of fused-ring (bicyclic) bond motifs is 1. The van der Waals surface area contributed by atoms with Gasteiger partial charge in [0.2, 0.25) is 15.9 Å². The first-order valence-electron chi connectivity index (χ1n) is 10.9. The topological polar surface area (TPSA) is 96.1 Å². The zero-order valence-corrected chi connectivity index (χ0v) is 18.9. The Labute approximate surface area is 182 Å². The summed E-state index contributed by atoms with van der Waals surface area (Å²) in [5.41, 5.74) is 0.869. The number of rotatable bonds is 5. The molecule has 31 heavy (non-hydrogen) atoms. The summed E-state index contributed by atoms with van der Waals surface area (Å²) >= 11 is 0. The minimum Gasteiger partial charge on any atom is -0.408 e. The van der Waals surface area contributed by atoms with Crippen molar-refractivity contribution in [2.24, 2.45) is 5.92 Å². The smallest absolute Gasteiger partial charge is 0.408 e. The van der Waals surface area contributed by atoms with E-state index in [1.54, 1.807) is 6.07 Å². The lowest BCUT2D eigenvalue weighted by molar-refractivity contribution is -0.134. The van der Waals surface area contributed by atoms with Gasteiger partial charge in [-0.2, -0.15) is 4.31 Å². The van der Waals surface area contributed by atoms with E-state index < -0.39 is 15.8 Å². The molecule has 2 saturated heterocycles. The maximum atomic E-state index is 13.1. The predicted molar refractivity (Wildman–Crippen MR) is 116 cm³/mol. The molecule has 0 N–H and O–H groups in total. The van der Waals surface area contributed by atoms with Crippen molar-refractivity contribution >= 4 is 27.0 Å². The molecule has 1 aromatic heterocycles. The number of benzene rings is 1. The van der Waals surface area contributed by atoms with Crippen LogP contribution in [0.5, 0.6) is 0 Å². The molecule has 2 aliphatic rings. The first-order valence-corrected chi connectivity index (χ1v) is 12.3. The molecule has 2 aromatic rings. The molecular weight excluding hydrogens is 420 g/mol. The molecule has 4 rings (SSSR count). The van der Waals surface area contributed by atoms with Crippen molar-refractivity contribution < 1.29 is 17.6 Å². The van der Waals surface area contributed by atoms with E-state index in [1.807, 2.05) is 11.8 Å². The number of hydrogen-bond acceptors (Lipinski definition) is 6. The fourth-order valence-electron chi connectivity index (χ4n) is 4.44. The van der Waals surface area contributed by atoms with E-state index in [9.17, 15) is 18.0 Å². The van der Waals surface area contributed by atoms with Gasteiger partial charge in [-0.1, -0.05) is 0 Å². The van der Waals surface area contributed by atoms with E-state index in [4.69, 9.17) is 4.42 Å². The van der Waals surface area contributed by atoms with Gasteiger partial charge in [0, 0.05) is 58.3 Å². The molecule has 170 valence electrons. The van der Waals surface area contributed by atoms with E-state index in [0.717, 1.165) is 26.2 Å². The molecule has 9 nitrogen and oxygen atoms in total. The molecule has 3 heterocycles. The van der Waals surface area contributed by atoms with E-state index in [-0.39, 0.29) is 22.3 Å². The van der Waals surface area contributed by atoms with Gasteiger partial charge in [-0.05, 0) is 44.9 Å². The van der Waals surface area contributed by atoms with E-state index >= 15 is 0 Å². The van der Waals surface area contributed by atoms with E-state index in [1.165, 1.54) is 21.0 Å². The Kier molecular flexibility index (Phi) is 6.23. The molecule has 2 aliphatic heterocycles. The summed E-state index contributed by atoms with van der Waals surface area (Å²) in [5, 5.41) is 0. The number of aryl methyl sites for hydroxylation is 1. The monoisotopic (exact) mass is 450 g/mol. The van der Waals surface area contributed by atoms with Gasteiger partial charge < -0.3 is 14.2 Å². The fourth-order valence-corrected chi connectivity index (χ4v) is 5.93. The summed E-state index contributed by atoms with van der Waals surface area (Å²) in [7, 11) is -1.62. The van der Waals surface area contributed by atoms with Crippen LogP contribution in [-0.4, -0.2) is 79.3 Å². The lowest BCUT2D eigenvalue weighted by Crippen LogP contribution is -2.48. The zero-order valence-electron chi connectivity index (χ0n) is 18.1. The highest BCUT2D eigenvalue weighted by Crippen LogP contribution is 2.28. The highest BCUT2D eigenvalue weighted by Gasteiger charge is 2.31. The van der Waals surface area contributed by atoms with Crippen molar-refractivity contribution in [2.45, 2.75) is 37.6 Å². The third kappa shape index (κ3) is 4.42. The summed E-state index contributed by atoms with van der Waals surface area (Å²) in [5.74, 6) is -0.106. The Morgan fingerprint density at radius 2 is 1.77 bits per heavy atom. The molecule has 0 unspecified atom stereocenters. The van der Waals surface area contributed by atoms with Crippen molar-refractivity contribution in [2.75, 3.05) is 46.3 Å². The maximum Gasteiger partial charge on any atom is 0.419 e. The average Bonchev–Trinajstić information content (AvgIpc) is 3.08. The number of piperidine rings is 1. The van der Waals surface area contributed by atoms with Crippen molar-refractivity contribution in [1.29, 1.82) is 0 Å². The summed E-state index contributed by atoms with van der Waals surface area (Å²) in [6, 6.07) is 4.58. The Bertz CT molecular complexity index is 1110. The number of carbonyl (C=O) groups is 1. The van der Waals surface area contributed by atoms with Crippen LogP contribution in [0.1, 0.15) is 26.2 Å². The minimum atomic E-state index is -3.68. The lowest BCUT2D eigenvalue weighted by atomic mass is 9.94. The standard InChI is InChI=1S/C21H30N4O5S/c1-3-25-18-5-4-17(15-19(18)30-21(25)27)31(28,29)24-8-6-16(7-9-24)14-20(26)23-12-10-22(2)11-13-23/h4-5,15-16H,3,6-14H2,1-2H3. The number of aromatic nitrogens is 1. The van der Waals surface area contributed by atoms with Gasteiger partial charge in [-0.15, -0.1) is 0 Å². The highest BCUT2D eigenvalue weighted by molar-refractivity contribution is 7.89. The number of oxazole rings is 1. The van der Waals surface area contributed by atoms with Gasteiger partial charge in [0.15, 0.2) is 5.58 Å². The van der Waals surface area contributed by atoms with Crippen molar-refractivity contribution in [3.63, 3.8) is 0 Å². The number of carbonyl (C=O) groups excluding carboxylic acids is 1. The molecule has 0 saturated carbocycles. The number of amides is 1.